The first-order chi connectivity index (χ1) is 15.8. The van der Waals surface area contributed by atoms with Crippen LogP contribution < -0.4 is 10.6 Å². The van der Waals surface area contributed by atoms with Gasteiger partial charge in [-0.3, -0.25) is 14.4 Å². The second kappa shape index (κ2) is 11.0. The van der Waals surface area contributed by atoms with Gasteiger partial charge in [-0.1, -0.05) is 43.7 Å². The molecule has 1 aliphatic carbocycles. The Bertz CT molecular complexity index is 893. The molecule has 7 heteroatoms. The van der Waals surface area contributed by atoms with Crippen molar-refractivity contribution in [1.29, 1.82) is 0 Å². The molecule has 1 aliphatic heterocycles. The van der Waals surface area contributed by atoms with Gasteiger partial charge in [0.1, 0.15) is 6.04 Å². The molecule has 3 N–H and O–H groups in total. The van der Waals surface area contributed by atoms with E-state index in [9.17, 15) is 19.5 Å². The number of hydrogen-bond donors (Lipinski definition) is 3. The Hall–Kier alpha value is -2.67. The standard InChI is InChI=1S/C26H37N3O4/c1-5-9-18-12-13-19-21(20(18)24(31)27-4)26(33)29(14-6-7-15-30)23(19)25(32)28-22-16(2)10-8-11-17(22)3/h8,10-13,18-21,23,30H,5-7,9,14-15H2,1-4H3,(H,27,31)(H,28,32)/t18-,19+,20-,21+,23+/m1/s1. The summed E-state index contributed by atoms with van der Waals surface area (Å²) in [6.07, 6.45) is 6.90. The smallest absolute Gasteiger partial charge is 0.247 e. The van der Waals surface area contributed by atoms with Crippen LogP contribution in [-0.2, 0) is 14.4 Å². The van der Waals surface area contributed by atoms with Crippen LogP contribution in [0.5, 0.6) is 0 Å². The summed E-state index contributed by atoms with van der Waals surface area (Å²) >= 11 is 0. The predicted octanol–water partition coefficient (Wildman–Crippen LogP) is 2.81. The van der Waals surface area contributed by atoms with Gasteiger partial charge in [0, 0.05) is 31.8 Å². The Morgan fingerprint density at radius 1 is 1.09 bits per heavy atom. The van der Waals surface area contributed by atoms with E-state index >= 15 is 0 Å². The summed E-state index contributed by atoms with van der Waals surface area (Å²) in [7, 11) is 1.60. The molecule has 1 heterocycles. The van der Waals surface area contributed by atoms with Crippen molar-refractivity contribution in [3.8, 4) is 0 Å². The quantitative estimate of drug-likeness (QED) is 0.394. The number of carbonyl (C=O) groups excluding carboxylic acids is 3. The molecule has 3 rings (SSSR count). The third-order valence-corrected chi connectivity index (χ3v) is 7.09. The maximum atomic E-state index is 13.7. The Morgan fingerprint density at radius 2 is 1.79 bits per heavy atom. The van der Waals surface area contributed by atoms with Gasteiger partial charge in [0.15, 0.2) is 0 Å². The third-order valence-electron chi connectivity index (χ3n) is 7.09. The number of anilines is 1. The number of likely N-dealkylation sites (tertiary alicyclic amines) is 1. The molecule has 3 amide bonds. The predicted molar refractivity (Wildman–Crippen MR) is 128 cm³/mol. The SMILES string of the molecule is CCC[C@@H]1C=C[C@H]2[C@H](C(=O)N(CCCCO)[C@@H]2C(=O)Nc2c(C)cccc2C)[C@@H]1C(=O)NC. The van der Waals surface area contributed by atoms with Gasteiger partial charge in [-0.2, -0.15) is 0 Å². The second-order valence-corrected chi connectivity index (χ2v) is 9.24. The second-order valence-electron chi connectivity index (χ2n) is 9.24. The van der Waals surface area contributed by atoms with Crippen molar-refractivity contribution in [1.82, 2.24) is 10.2 Å². The lowest BCUT2D eigenvalue weighted by Gasteiger charge is -2.34. The van der Waals surface area contributed by atoms with E-state index in [2.05, 4.69) is 17.6 Å². The highest BCUT2D eigenvalue weighted by Gasteiger charge is 2.56. The van der Waals surface area contributed by atoms with Gasteiger partial charge >= 0.3 is 0 Å². The van der Waals surface area contributed by atoms with E-state index in [1.54, 1.807) is 11.9 Å². The molecule has 1 aromatic carbocycles. The number of aliphatic hydroxyl groups excluding tert-OH is 1. The first-order valence-electron chi connectivity index (χ1n) is 12.0. The molecule has 1 fully saturated rings. The average Bonchev–Trinajstić information content (AvgIpc) is 3.08. The van der Waals surface area contributed by atoms with Crippen LogP contribution in [0.1, 0.15) is 43.7 Å². The molecule has 0 spiro atoms. The minimum absolute atomic E-state index is 0.0279. The van der Waals surface area contributed by atoms with Crippen LogP contribution >= 0.6 is 0 Å². The van der Waals surface area contributed by atoms with Crippen molar-refractivity contribution in [2.75, 3.05) is 25.5 Å². The lowest BCUT2D eigenvalue weighted by atomic mass is 9.68. The van der Waals surface area contributed by atoms with Crippen molar-refractivity contribution in [3.05, 3.63) is 41.5 Å². The van der Waals surface area contributed by atoms with Crippen LogP contribution in [0.15, 0.2) is 30.4 Å². The number of amides is 3. The Labute approximate surface area is 196 Å². The highest BCUT2D eigenvalue weighted by Crippen LogP contribution is 2.45. The van der Waals surface area contributed by atoms with E-state index in [1.807, 2.05) is 44.2 Å². The molecule has 33 heavy (non-hydrogen) atoms. The minimum atomic E-state index is -0.689. The first-order valence-corrected chi connectivity index (χ1v) is 12.0. The molecule has 1 aromatic rings. The number of unbranched alkanes of at least 4 members (excludes halogenated alkanes) is 1. The van der Waals surface area contributed by atoms with Crippen molar-refractivity contribution in [3.63, 3.8) is 0 Å². The van der Waals surface area contributed by atoms with Crippen LogP contribution in [0.3, 0.4) is 0 Å². The summed E-state index contributed by atoms with van der Waals surface area (Å²) in [4.78, 5) is 41.9. The highest BCUT2D eigenvalue weighted by molar-refractivity contribution is 6.02. The van der Waals surface area contributed by atoms with E-state index in [4.69, 9.17) is 0 Å². The molecule has 0 saturated carbocycles. The monoisotopic (exact) mass is 455 g/mol. The summed E-state index contributed by atoms with van der Waals surface area (Å²) in [5.41, 5.74) is 2.68. The fraction of sp³-hybridized carbons (Fsp3) is 0.577. The minimum Gasteiger partial charge on any atom is -0.396 e. The average molecular weight is 456 g/mol. The molecular weight excluding hydrogens is 418 g/mol. The molecule has 1 saturated heterocycles. The van der Waals surface area contributed by atoms with Crippen molar-refractivity contribution >= 4 is 23.4 Å². The molecule has 0 bridgehead atoms. The zero-order valence-corrected chi connectivity index (χ0v) is 20.1. The Kier molecular flexibility index (Phi) is 8.30. The van der Waals surface area contributed by atoms with Crippen molar-refractivity contribution in [2.45, 2.75) is 52.5 Å². The van der Waals surface area contributed by atoms with Crippen LogP contribution in [0.4, 0.5) is 5.69 Å². The maximum Gasteiger partial charge on any atom is 0.247 e. The Morgan fingerprint density at radius 3 is 2.39 bits per heavy atom. The number of nitrogens with one attached hydrogen (secondary N) is 2. The van der Waals surface area contributed by atoms with Gasteiger partial charge in [-0.15, -0.1) is 0 Å². The summed E-state index contributed by atoms with van der Waals surface area (Å²) in [6, 6.07) is 5.15. The zero-order chi connectivity index (χ0) is 24.1. The fourth-order valence-corrected chi connectivity index (χ4v) is 5.47. The fourth-order valence-electron chi connectivity index (χ4n) is 5.47. The van der Waals surface area contributed by atoms with E-state index < -0.39 is 17.9 Å². The zero-order valence-electron chi connectivity index (χ0n) is 20.1. The normalized spacial score (nSPS) is 26.3. The molecule has 7 nitrogen and oxygen atoms in total. The van der Waals surface area contributed by atoms with Gasteiger partial charge in [-0.05, 0) is 50.2 Å². The number of aryl methyl sites for hydroxylation is 2. The van der Waals surface area contributed by atoms with Gasteiger partial charge in [0.25, 0.3) is 0 Å². The Balaban J connectivity index is 1.98. The third kappa shape index (κ3) is 4.98. The summed E-state index contributed by atoms with van der Waals surface area (Å²) in [6.45, 7) is 6.38. The number of rotatable bonds is 9. The largest absolute Gasteiger partial charge is 0.396 e. The molecule has 0 aromatic heterocycles. The lowest BCUT2D eigenvalue weighted by molar-refractivity contribution is -0.140. The lowest BCUT2D eigenvalue weighted by Crippen LogP contribution is -2.45. The number of hydrogen-bond acceptors (Lipinski definition) is 4. The van der Waals surface area contributed by atoms with Crippen LogP contribution in [0, 0.1) is 37.5 Å². The van der Waals surface area contributed by atoms with Crippen molar-refractivity contribution < 1.29 is 19.5 Å². The van der Waals surface area contributed by atoms with Gasteiger partial charge < -0.3 is 20.6 Å². The maximum absolute atomic E-state index is 13.7. The molecule has 0 unspecified atom stereocenters. The number of carbonyl (C=O) groups is 3. The topological polar surface area (TPSA) is 98.7 Å². The molecular formula is C26H37N3O4. The number of allylic oxidation sites excluding steroid dienone is 1. The summed E-state index contributed by atoms with van der Waals surface area (Å²) < 4.78 is 0. The number of fused-ring (bicyclic) bond motifs is 1. The highest BCUT2D eigenvalue weighted by atomic mass is 16.3. The van der Waals surface area contributed by atoms with E-state index in [-0.39, 0.29) is 36.2 Å². The van der Waals surface area contributed by atoms with Gasteiger partial charge in [-0.25, -0.2) is 0 Å². The molecule has 180 valence electrons. The van der Waals surface area contributed by atoms with E-state index in [0.717, 1.165) is 29.7 Å². The number of para-hydroxylation sites is 1. The first kappa shape index (κ1) is 25.0. The number of nitrogens with zero attached hydrogens (tertiary/aromatic N) is 1. The van der Waals surface area contributed by atoms with Crippen molar-refractivity contribution in [2.24, 2.45) is 23.7 Å². The summed E-state index contributed by atoms with van der Waals surface area (Å²) in [5.74, 6) is -1.96. The number of benzene rings is 1. The van der Waals surface area contributed by atoms with Crippen LogP contribution in [0.2, 0.25) is 0 Å². The van der Waals surface area contributed by atoms with E-state index in [1.165, 1.54) is 0 Å². The van der Waals surface area contributed by atoms with Gasteiger partial charge in [0.05, 0.1) is 11.8 Å². The van der Waals surface area contributed by atoms with Crippen LogP contribution in [0.25, 0.3) is 0 Å². The molecule has 2 aliphatic rings. The summed E-state index contributed by atoms with van der Waals surface area (Å²) in [5, 5.41) is 15.1. The molecule has 5 atom stereocenters. The van der Waals surface area contributed by atoms with E-state index in [0.29, 0.717) is 19.4 Å². The number of aliphatic hydroxyl groups is 1. The van der Waals surface area contributed by atoms with Gasteiger partial charge in [0.2, 0.25) is 17.7 Å². The van der Waals surface area contributed by atoms with Crippen LogP contribution in [-0.4, -0.2) is 54.0 Å². The molecule has 0 radical (unpaired) electrons.